The lowest BCUT2D eigenvalue weighted by atomic mass is 10.2. The van der Waals surface area contributed by atoms with Gasteiger partial charge in [-0.2, -0.15) is 0 Å². The van der Waals surface area contributed by atoms with E-state index in [2.05, 4.69) is 6.92 Å². The zero-order valence-electron chi connectivity index (χ0n) is 11.3. The molecule has 0 fully saturated rings. The predicted molar refractivity (Wildman–Crippen MR) is 70.9 cm³/mol. The molecule has 0 aliphatic heterocycles. The number of ether oxygens (including phenoxy) is 2. The molecule has 8 heteroatoms. The molecule has 1 aromatic carbocycles. The van der Waals surface area contributed by atoms with Gasteiger partial charge >= 0.3 is 7.25 Å². The predicted octanol–water partition coefficient (Wildman–Crippen LogP) is 4.14. The normalized spacial score (nSPS) is 10.3. The smallest absolute Gasteiger partial charge is 0.493 e. The Morgan fingerprint density at radius 3 is 2.20 bits per heavy atom. The van der Waals surface area contributed by atoms with Crippen molar-refractivity contribution >= 4 is 13.2 Å². The molecule has 0 atom stereocenters. The number of benzene rings is 1. The third-order valence-corrected chi connectivity index (χ3v) is 1.88. The topological polar surface area (TPSA) is 42.3 Å². The summed E-state index contributed by atoms with van der Waals surface area (Å²) in [5.41, 5.74) is 0.716. The van der Waals surface area contributed by atoms with Crippen molar-refractivity contribution in [1.82, 2.24) is 0 Å². The van der Waals surface area contributed by atoms with Crippen LogP contribution < -0.4 is 4.74 Å². The zero-order chi connectivity index (χ0) is 15.6. The Morgan fingerprint density at radius 2 is 1.70 bits per heavy atom. The lowest BCUT2D eigenvalue weighted by molar-refractivity contribution is 0.305. The Balaban J connectivity index is 0.000000621. The zero-order valence-corrected chi connectivity index (χ0v) is 11.3. The number of hydrogen-bond acceptors (Lipinski definition) is 3. The summed E-state index contributed by atoms with van der Waals surface area (Å²) in [6.45, 7) is 5.08. The first-order valence-corrected chi connectivity index (χ1v) is 6.10. The van der Waals surface area contributed by atoms with E-state index in [1.807, 2.05) is 31.2 Å². The monoisotopic (exact) mass is 294 g/mol. The molecule has 0 amide bonds. The summed E-state index contributed by atoms with van der Waals surface area (Å²) in [4.78, 5) is 0. The van der Waals surface area contributed by atoms with Crippen LogP contribution in [0.25, 0.3) is 0 Å². The second-order valence-corrected chi connectivity index (χ2v) is 3.60. The van der Waals surface area contributed by atoms with Crippen molar-refractivity contribution in [3.8, 4) is 5.75 Å². The van der Waals surface area contributed by atoms with Crippen LogP contribution in [0.15, 0.2) is 24.3 Å². The van der Waals surface area contributed by atoms with Crippen LogP contribution in [-0.2, 0) is 4.74 Å². The molecule has 0 aliphatic rings. The van der Waals surface area contributed by atoms with Crippen LogP contribution in [0.4, 0.5) is 17.3 Å². The summed E-state index contributed by atoms with van der Waals surface area (Å²) in [5.74, 6) is 0.891. The molecule has 1 rings (SSSR count). The van der Waals surface area contributed by atoms with Crippen LogP contribution in [0, 0.1) is 5.41 Å². The van der Waals surface area contributed by atoms with Gasteiger partial charge in [-0.05, 0) is 25.5 Å². The van der Waals surface area contributed by atoms with Crippen molar-refractivity contribution in [2.75, 3.05) is 13.2 Å². The fourth-order valence-corrected chi connectivity index (χ4v) is 1.21. The maximum Gasteiger partial charge on any atom is 0.673 e. The molecule has 0 saturated carbocycles. The summed E-state index contributed by atoms with van der Waals surface area (Å²) < 4.78 is 49.7. The molecular weight excluding hydrogens is 277 g/mol. The molecule has 20 heavy (non-hydrogen) atoms. The molecule has 0 unspecified atom stereocenters. The second-order valence-electron chi connectivity index (χ2n) is 3.60. The highest BCUT2D eigenvalue weighted by atomic mass is 19.5. The molecule has 0 heterocycles. The van der Waals surface area contributed by atoms with E-state index < -0.39 is 7.25 Å². The van der Waals surface area contributed by atoms with Crippen LogP contribution in [0.5, 0.6) is 5.75 Å². The van der Waals surface area contributed by atoms with Crippen molar-refractivity contribution < 1.29 is 26.7 Å². The van der Waals surface area contributed by atoms with E-state index in [0.717, 1.165) is 12.2 Å². The summed E-state index contributed by atoms with van der Waals surface area (Å²) in [6.07, 6.45) is 0.955. The Kier molecular flexibility index (Phi) is 8.43. The van der Waals surface area contributed by atoms with E-state index in [4.69, 9.17) is 14.9 Å². The van der Waals surface area contributed by atoms with Gasteiger partial charge in [-0.25, -0.2) is 0 Å². The first-order chi connectivity index (χ1) is 9.29. The molecule has 0 radical (unpaired) electrons. The molecular formula is C12H17BF4NO2-. The van der Waals surface area contributed by atoms with Crippen LogP contribution in [-0.4, -0.2) is 26.4 Å². The fraction of sp³-hybridized carbons (Fsp3) is 0.417. The minimum atomic E-state index is -6.00. The van der Waals surface area contributed by atoms with Gasteiger partial charge in [0, 0.05) is 0 Å². The standard InChI is InChI=1S/C12H17NO2.BF4/c1-3-9-15-11-8-6-5-7-10(11)12(13)14-4-2;2-1(3,4)5/h5-8,13H,3-4,9H2,1-2H3;/q;-1. The van der Waals surface area contributed by atoms with E-state index in [1.54, 1.807) is 0 Å². The highest BCUT2D eigenvalue weighted by molar-refractivity contribution is 6.50. The maximum atomic E-state index is 9.75. The van der Waals surface area contributed by atoms with Gasteiger partial charge in [-0.1, -0.05) is 19.1 Å². The summed E-state index contributed by atoms with van der Waals surface area (Å²) in [5, 5.41) is 7.70. The van der Waals surface area contributed by atoms with Gasteiger partial charge in [0.25, 0.3) is 0 Å². The summed E-state index contributed by atoms with van der Waals surface area (Å²) in [6, 6.07) is 7.47. The van der Waals surface area contributed by atoms with Crippen LogP contribution in [0.3, 0.4) is 0 Å². The maximum absolute atomic E-state index is 9.75. The minimum Gasteiger partial charge on any atom is -0.493 e. The Morgan fingerprint density at radius 1 is 1.15 bits per heavy atom. The molecule has 0 aromatic heterocycles. The van der Waals surface area contributed by atoms with Crippen molar-refractivity contribution in [2.24, 2.45) is 0 Å². The molecule has 1 aromatic rings. The van der Waals surface area contributed by atoms with Gasteiger partial charge in [-0.15, -0.1) is 0 Å². The average molecular weight is 294 g/mol. The second kappa shape index (κ2) is 9.22. The van der Waals surface area contributed by atoms with E-state index >= 15 is 0 Å². The van der Waals surface area contributed by atoms with Gasteiger partial charge < -0.3 is 26.7 Å². The fourth-order valence-electron chi connectivity index (χ4n) is 1.21. The van der Waals surface area contributed by atoms with E-state index in [-0.39, 0.29) is 5.90 Å². The summed E-state index contributed by atoms with van der Waals surface area (Å²) in [7, 11) is -6.00. The molecule has 1 N–H and O–H groups in total. The van der Waals surface area contributed by atoms with E-state index in [9.17, 15) is 17.3 Å². The van der Waals surface area contributed by atoms with Gasteiger partial charge in [0.05, 0.1) is 18.8 Å². The molecule has 3 nitrogen and oxygen atoms in total. The van der Waals surface area contributed by atoms with Gasteiger partial charge in [0.15, 0.2) is 0 Å². The van der Waals surface area contributed by atoms with Gasteiger partial charge in [0.1, 0.15) is 5.75 Å². The molecule has 0 spiro atoms. The first kappa shape index (κ1) is 18.3. The third kappa shape index (κ3) is 9.24. The first-order valence-electron chi connectivity index (χ1n) is 6.10. The lowest BCUT2D eigenvalue weighted by Crippen LogP contribution is -2.08. The van der Waals surface area contributed by atoms with Crippen molar-refractivity contribution in [3.05, 3.63) is 29.8 Å². The molecule has 0 aliphatic carbocycles. The van der Waals surface area contributed by atoms with Gasteiger partial charge in [0.2, 0.25) is 5.90 Å². The summed E-state index contributed by atoms with van der Waals surface area (Å²) >= 11 is 0. The van der Waals surface area contributed by atoms with Crippen molar-refractivity contribution in [2.45, 2.75) is 20.3 Å². The van der Waals surface area contributed by atoms with Crippen LogP contribution >= 0.6 is 0 Å². The Labute approximate surface area is 115 Å². The largest absolute Gasteiger partial charge is 0.673 e. The highest BCUT2D eigenvalue weighted by Crippen LogP contribution is 2.18. The Bertz CT molecular complexity index is 407. The highest BCUT2D eigenvalue weighted by Gasteiger charge is 2.20. The van der Waals surface area contributed by atoms with E-state index in [0.29, 0.717) is 18.8 Å². The van der Waals surface area contributed by atoms with Gasteiger partial charge in [-0.3, -0.25) is 5.41 Å². The van der Waals surface area contributed by atoms with Crippen LogP contribution in [0.1, 0.15) is 25.8 Å². The molecule has 114 valence electrons. The van der Waals surface area contributed by atoms with Crippen LogP contribution in [0.2, 0.25) is 0 Å². The molecule has 0 saturated heterocycles. The van der Waals surface area contributed by atoms with Crippen molar-refractivity contribution in [1.29, 1.82) is 5.41 Å². The number of nitrogens with one attached hydrogen (secondary N) is 1. The van der Waals surface area contributed by atoms with E-state index in [1.165, 1.54) is 0 Å². The van der Waals surface area contributed by atoms with Crippen molar-refractivity contribution in [3.63, 3.8) is 0 Å². The minimum absolute atomic E-state index is 0.171. The third-order valence-electron chi connectivity index (χ3n) is 1.88. The number of rotatable bonds is 5. The quantitative estimate of drug-likeness (QED) is 0.384. The number of para-hydroxylation sites is 1. The molecule has 0 bridgehead atoms. The SMILES string of the molecule is CCCOc1ccccc1C(=N)OCC.F[B-](F)(F)F. The number of hydrogen-bond donors (Lipinski definition) is 1. The Hall–Kier alpha value is -1.73. The number of halogens is 4. The average Bonchev–Trinajstić information content (AvgIpc) is 2.35. The lowest BCUT2D eigenvalue weighted by Gasteiger charge is -2.11.